The van der Waals surface area contributed by atoms with E-state index in [0.717, 1.165) is 18.9 Å². The lowest BCUT2D eigenvalue weighted by Crippen LogP contribution is -2.32. The summed E-state index contributed by atoms with van der Waals surface area (Å²) < 4.78 is 15.8. The van der Waals surface area contributed by atoms with Crippen LogP contribution in [0.25, 0.3) is 0 Å². The fourth-order valence-electron chi connectivity index (χ4n) is 3.40. The van der Waals surface area contributed by atoms with Crippen LogP contribution in [0.1, 0.15) is 51.4 Å². The Morgan fingerprint density at radius 1 is 0.920 bits per heavy atom. The maximum atomic E-state index is 12.3. The van der Waals surface area contributed by atoms with Crippen LogP contribution in [0, 0.1) is 11.8 Å². The number of carboxylic acids is 1. The monoisotopic (exact) mass is 354 g/mol. The van der Waals surface area contributed by atoms with Gasteiger partial charge >= 0.3 is 17.9 Å². The van der Waals surface area contributed by atoms with Crippen molar-refractivity contribution in [2.45, 2.75) is 63.6 Å². The van der Waals surface area contributed by atoms with Crippen LogP contribution in [0.4, 0.5) is 0 Å². The molecule has 0 aromatic carbocycles. The van der Waals surface area contributed by atoms with E-state index < -0.39 is 11.9 Å². The van der Waals surface area contributed by atoms with Gasteiger partial charge in [-0.05, 0) is 51.4 Å². The van der Waals surface area contributed by atoms with Gasteiger partial charge in [-0.25, -0.2) is 4.79 Å². The Kier molecular flexibility index (Phi) is 7.43. The number of rotatable bonds is 7. The molecule has 0 amide bonds. The molecule has 0 bridgehead atoms. The van der Waals surface area contributed by atoms with Crippen molar-refractivity contribution in [1.82, 2.24) is 0 Å². The Balaban J connectivity index is 1.63. The van der Waals surface area contributed by atoms with Gasteiger partial charge in [0.25, 0.3) is 0 Å². The van der Waals surface area contributed by atoms with Crippen LogP contribution in [0.2, 0.25) is 0 Å². The normalized spacial score (nSPS) is 29.4. The van der Waals surface area contributed by atoms with Crippen LogP contribution < -0.4 is 0 Å². The summed E-state index contributed by atoms with van der Waals surface area (Å²) in [7, 11) is 0. The maximum absolute atomic E-state index is 12.3. The first-order valence-electron chi connectivity index (χ1n) is 8.83. The lowest BCUT2D eigenvalue weighted by molar-refractivity contribution is -0.162. The van der Waals surface area contributed by atoms with Crippen LogP contribution in [-0.2, 0) is 28.6 Å². The second kappa shape index (κ2) is 9.56. The minimum atomic E-state index is -0.762. The number of esters is 2. The third-order valence-corrected chi connectivity index (χ3v) is 4.99. The highest BCUT2D eigenvalue weighted by Crippen LogP contribution is 2.30. The fraction of sp³-hybridized carbons (Fsp3) is 0.722. The molecule has 25 heavy (non-hydrogen) atoms. The summed E-state index contributed by atoms with van der Waals surface area (Å²) in [4.78, 5) is 34.1. The van der Waals surface area contributed by atoms with Crippen molar-refractivity contribution in [2.75, 3.05) is 6.79 Å². The molecule has 0 aromatic heterocycles. The number of carbonyl (C=O) groups excluding carboxylic acids is 2. The van der Waals surface area contributed by atoms with Gasteiger partial charge < -0.3 is 19.3 Å². The van der Waals surface area contributed by atoms with E-state index in [4.69, 9.17) is 19.3 Å². The van der Waals surface area contributed by atoms with Gasteiger partial charge in [0.1, 0.15) is 6.10 Å². The largest absolute Gasteiger partial charge is 0.481 e. The first kappa shape index (κ1) is 19.4. The molecule has 0 unspecified atom stereocenters. The molecular formula is C18H26O7. The first-order chi connectivity index (χ1) is 12.0. The number of hydrogen-bond donors (Lipinski definition) is 1. The molecule has 2 aliphatic carbocycles. The van der Waals surface area contributed by atoms with Gasteiger partial charge in [0.05, 0.1) is 17.9 Å². The van der Waals surface area contributed by atoms with E-state index >= 15 is 0 Å². The molecule has 1 N–H and O–H groups in total. The highest BCUT2D eigenvalue weighted by molar-refractivity contribution is 5.81. The van der Waals surface area contributed by atoms with Gasteiger partial charge in [-0.15, -0.1) is 0 Å². The van der Waals surface area contributed by atoms with Crippen LogP contribution in [0.3, 0.4) is 0 Å². The molecule has 0 heterocycles. The number of hydrogen-bond acceptors (Lipinski definition) is 6. The van der Waals surface area contributed by atoms with E-state index in [1.165, 1.54) is 0 Å². The van der Waals surface area contributed by atoms with Crippen molar-refractivity contribution in [3.63, 3.8) is 0 Å². The van der Waals surface area contributed by atoms with Crippen molar-refractivity contribution < 1.29 is 33.7 Å². The van der Waals surface area contributed by atoms with E-state index in [-0.39, 0.29) is 36.8 Å². The highest BCUT2D eigenvalue weighted by atomic mass is 16.7. The van der Waals surface area contributed by atoms with E-state index in [2.05, 4.69) is 6.58 Å². The Bertz CT molecular complexity index is 486. The summed E-state index contributed by atoms with van der Waals surface area (Å²) in [6.45, 7) is 3.21. The third kappa shape index (κ3) is 6.16. The van der Waals surface area contributed by atoms with Gasteiger partial charge in [-0.2, -0.15) is 0 Å². The Hall–Kier alpha value is -1.89. The number of carboxylic acid groups (broad SMARTS) is 1. The van der Waals surface area contributed by atoms with E-state index in [9.17, 15) is 14.4 Å². The van der Waals surface area contributed by atoms with Gasteiger partial charge in [0, 0.05) is 6.08 Å². The zero-order valence-corrected chi connectivity index (χ0v) is 14.4. The fourth-order valence-corrected chi connectivity index (χ4v) is 3.40. The topological polar surface area (TPSA) is 99.1 Å². The lowest BCUT2D eigenvalue weighted by Gasteiger charge is -2.30. The molecule has 0 saturated heterocycles. The van der Waals surface area contributed by atoms with E-state index in [1.807, 2.05) is 0 Å². The average Bonchev–Trinajstić information content (AvgIpc) is 2.62. The third-order valence-electron chi connectivity index (χ3n) is 4.99. The lowest BCUT2D eigenvalue weighted by atomic mass is 9.86. The second-order valence-corrected chi connectivity index (χ2v) is 6.67. The summed E-state index contributed by atoms with van der Waals surface area (Å²) in [5.74, 6) is -1.91. The Morgan fingerprint density at radius 3 is 2.04 bits per heavy atom. The average molecular weight is 354 g/mol. The van der Waals surface area contributed by atoms with Gasteiger partial charge in [-0.3, -0.25) is 9.59 Å². The maximum Gasteiger partial charge on any atom is 0.332 e. The van der Waals surface area contributed by atoms with Crippen molar-refractivity contribution in [2.24, 2.45) is 11.8 Å². The zero-order valence-electron chi connectivity index (χ0n) is 14.4. The minimum Gasteiger partial charge on any atom is -0.481 e. The molecule has 0 atom stereocenters. The second-order valence-electron chi connectivity index (χ2n) is 6.67. The van der Waals surface area contributed by atoms with Gasteiger partial charge in [0.15, 0.2) is 6.79 Å². The smallest absolute Gasteiger partial charge is 0.332 e. The quantitative estimate of drug-likeness (QED) is 0.426. The predicted octanol–water partition coefficient (Wildman–Crippen LogP) is 2.44. The molecule has 2 saturated carbocycles. The summed E-state index contributed by atoms with van der Waals surface area (Å²) in [5.41, 5.74) is 0. The SMILES string of the molecule is C=CC(=O)OCOC1CCC(C(=O)OC2CCC(C(=O)O)CC2)CC1. The molecular weight excluding hydrogens is 328 g/mol. The van der Waals surface area contributed by atoms with Gasteiger partial charge in [-0.1, -0.05) is 6.58 Å². The number of carbonyl (C=O) groups is 3. The van der Waals surface area contributed by atoms with Crippen LogP contribution >= 0.6 is 0 Å². The molecule has 0 radical (unpaired) electrons. The van der Waals surface area contributed by atoms with Crippen molar-refractivity contribution in [1.29, 1.82) is 0 Å². The van der Waals surface area contributed by atoms with Gasteiger partial charge in [0.2, 0.25) is 0 Å². The van der Waals surface area contributed by atoms with Crippen LogP contribution in [0.15, 0.2) is 12.7 Å². The summed E-state index contributed by atoms with van der Waals surface area (Å²) in [5, 5.41) is 8.99. The van der Waals surface area contributed by atoms with Crippen LogP contribution in [-0.4, -0.2) is 42.0 Å². The number of ether oxygens (including phenoxy) is 3. The first-order valence-corrected chi connectivity index (χ1v) is 8.83. The molecule has 0 aliphatic heterocycles. The number of aliphatic carboxylic acids is 1. The van der Waals surface area contributed by atoms with Crippen molar-refractivity contribution in [3.05, 3.63) is 12.7 Å². The molecule has 2 aliphatic rings. The molecule has 7 nitrogen and oxygen atoms in total. The highest BCUT2D eigenvalue weighted by Gasteiger charge is 2.32. The van der Waals surface area contributed by atoms with Crippen molar-refractivity contribution >= 4 is 17.9 Å². The van der Waals surface area contributed by atoms with Crippen LogP contribution in [0.5, 0.6) is 0 Å². The van der Waals surface area contributed by atoms with Crippen molar-refractivity contribution in [3.8, 4) is 0 Å². The molecule has 0 spiro atoms. The summed E-state index contributed by atoms with van der Waals surface area (Å²) in [6.07, 6.45) is 6.09. The molecule has 0 aromatic rings. The zero-order chi connectivity index (χ0) is 18.2. The molecule has 140 valence electrons. The Labute approximate surface area is 147 Å². The van der Waals surface area contributed by atoms with E-state index in [0.29, 0.717) is 38.5 Å². The van der Waals surface area contributed by atoms with E-state index in [1.54, 1.807) is 0 Å². The predicted molar refractivity (Wildman–Crippen MR) is 87.5 cm³/mol. The Morgan fingerprint density at radius 2 is 1.48 bits per heavy atom. The molecule has 2 rings (SSSR count). The molecule has 7 heteroatoms. The standard InChI is InChI=1S/C18H26O7/c1-2-16(19)24-11-23-14-7-5-13(6-8-14)18(22)25-15-9-3-12(4-10-15)17(20)21/h2,12-15H,1,3-11H2,(H,20,21). The summed E-state index contributed by atoms with van der Waals surface area (Å²) >= 11 is 0. The minimum absolute atomic E-state index is 0.0207. The summed E-state index contributed by atoms with van der Waals surface area (Å²) in [6, 6.07) is 0. The molecule has 2 fully saturated rings.